The maximum absolute atomic E-state index is 13.0. The Balaban J connectivity index is 1.65. The number of piperidine rings is 1. The van der Waals surface area contributed by atoms with Crippen molar-refractivity contribution in [2.45, 2.75) is 18.9 Å². The largest absolute Gasteiger partial charge is 0.371 e. The Hall–Kier alpha value is -3.12. The number of nitrogens with zero attached hydrogens (tertiary/aromatic N) is 1. The zero-order chi connectivity index (χ0) is 18.8. The lowest BCUT2D eigenvalue weighted by atomic mass is 10.0. The lowest BCUT2D eigenvalue weighted by Crippen LogP contribution is -2.40. The van der Waals surface area contributed by atoms with Gasteiger partial charge in [0.2, 0.25) is 0 Å². The van der Waals surface area contributed by atoms with E-state index in [0.717, 1.165) is 37.0 Å². The van der Waals surface area contributed by atoms with Crippen LogP contribution in [-0.4, -0.2) is 30.0 Å². The number of hydrogen-bond donors (Lipinski definition) is 3. The molecule has 0 spiro atoms. The highest BCUT2D eigenvalue weighted by Crippen LogP contribution is 2.26. The molecular formula is C21H22N4O2. The number of aromatic nitrogens is 1. The molecule has 0 bridgehead atoms. The second kappa shape index (κ2) is 7.25. The van der Waals surface area contributed by atoms with Crippen molar-refractivity contribution in [1.29, 1.82) is 0 Å². The number of H-pyrrole nitrogens is 1. The van der Waals surface area contributed by atoms with Gasteiger partial charge in [-0.3, -0.25) is 9.59 Å². The molecule has 0 unspecified atom stereocenters. The van der Waals surface area contributed by atoms with E-state index < -0.39 is 0 Å². The van der Waals surface area contributed by atoms with Gasteiger partial charge < -0.3 is 20.9 Å². The fourth-order valence-electron chi connectivity index (χ4n) is 3.60. The van der Waals surface area contributed by atoms with Crippen molar-refractivity contribution in [1.82, 2.24) is 4.98 Å². The first kappa shape index (κ1) is 17.3. The minimum Gasteiger partial charge on any atom is -0.371 e. The minimum atomic E-state index is -0.187. The van der Waals surface area contributed by atoms with Gasteiger partial charge in [-0.05, 0) is 43.2 Å². The summed E-state index contributed by atoms with van der Waals surface area (Å²) in [6.45, 7) is 1.68. The third kappa shape index (κ3) is 3.44. The molecule has 6 heteroatoms. The summed E-state index contributed by atoms with van der Waals surface area (Å²) < 4.78 is 0. The quantitative estimate of drug-likeness (QED) is 0.668. The number of rotatable bonds is 3. The highest BCUT2D eigenvalue weighted by Gasteiger charge is 2.21. The number of hydrogen-bond acceptors (Lipinski definition) is 4. The summed E-state index contributed by atoms with van der Waals surface area (Å²) in [6, 6.07) is 15.0. The van der Waals surface area contributed by atoms with E-state index in [-0.39, 0.29) is 17.5 Å². The van der Waals surface area contributed by atoms with Crippen molar-refractivity contribution < 1.29 is 4.79 Å². The molecule has 2 aromatic carbocycles. The van der Waals surface area contributed by atoms with E-state index in [1.807, 2.05) is 30.3 Å². The SMILES string of the molecule is NC1CCN(c2ccccc2C(=O)Nc2cccc3c(=O)[nH]ccc23)CC1. The van der Waals surface area contributed by atoms with E-state index in [0.29, 0.717) is 16.6 Å². The standard InChI is InChI=1S/C21H22N4O2/c22-14-9-12-25(13-10-14)19-7-2-1-4-17(19)21(27)24-18-6-3-5-16-15(18)8-11-23-20(16)26/h1-8,11,14H,9-10,12-13,22H2,(H,23,26)(H,24,27). The number of nitrogens with one attached hydrogen (secondary N) is 2. The summed E-state index contributed by atoms with van der Waals surface area (Å²) in [4.78, 5) is 29.9. The molecule has 27 heavy (non-hydrogen) atoms. The summed E-state index contributed by atoms with van der Waals surface area (Å²) in [6.07, 6.45) is 3.43. The number of carbonyl (C=O) groups is 1. The second-order valence-corrected chi connectivity index (χ2v) is 6.87. The zero-order valence-electron chi connectivity index (χ0n) is 14.9. The van der Waals surface area contributed by atoms with Crippen LogP contribution in [0.3, 0.4) is 0 Å². The second-order valence-electron chi connectivity index (χ2n) is 6.87. The number of nitrogens with two attached hydrogens (primary N) is 1. The molecule has 1 saturated heterocycles. The number of pyridine rings is 1. The molecule has 1 aromatic heterocycles. The molecule has 6 nitrogen and oxygen atoms in total. The van der Waals surface area contributed by atoms with Crippen molar-refractivity contribution in [2.24, 2.45) is 5.73 Å². The van der Waals surface area contributed by atoms with Crippen molar-refractivity contribution >= 4 is 28.1 Å². The molecule has 1 aliphatic rings. The van der Waals surface area contributed by atoms with E-state index in [2.05, 4.69) is 15.2 Å². The summed E-state index contributed by atoms with van der Waals surface area (Å²) >= 11 is 0. The van der Waals surface area contributed by atoms with Gasteiger partial charge in [-0.2, -0.15) is 0 Å². The lowest BCUT2D eigenvalue weighted by Gasteiger charge is -2.33. The summed E-state index contributed by atoms with van der Waals surface area (Å²) in [7, 11) is 0. The fraction of sp³-hybridized carbons (Fsp3) is 0.238. The highest BCUT2D eigenvalue weighted by atomic mass is 16.1. The minimum absolute atomic E-state index is 0.173. The Kier molecular flexibility index (Phi) is 4.64. The average Bonchev–Trinajstić information content (AvgIpc) is 2.69. The molecule has 2 heterocycles. The zero-order valence-corrected chi connectivity index (χ0v) is 14.9. The van der Waals surface area contributed by atoms with E-state index in [4.69, 9.17) is 5.73 Å². The summed E-state index contributed by atoms with van der Waals surface area (Å²) in [5, 5.41) is 4.24. The number of benzene rings is 2. The van der Waals surface area contributed by atoms with Gasteiger partial charge in [0, 0.05) is 47.5 Å². The Bertz CT molecular complexity index is 1040. The van der Waals surface area contributed by atoms with Gasteiger partial charge in [0.05, 0.1) is 5.56 Å². The first-order valence-electron chi connectivity index (χ1n) is 9.15. The first-order chi connectivity index (χ1) is 13.1. The van der Waals surface area contributed by atoms with Gasteiger partial charge in [-0.15, -0.1) is 0 Å². The number of anilines is 2. The molecule has 138 valence electrons. The maximum atomic E-state index is 13.0. The van der Waals surface area contributed by atoms with Crippen LogP contribution in [0.1, 0.15) is 23.2 Å². The van der Waals surface area contributed by atoms with Crippen molar-refractivity contribution in [2.75, 3.05) is 23.3 Å². The molecular weight excluding hydrogens is 340 g/mol. The van der Waals surface area contributed by atoms with E-state index >= 15 is 0 Å². The molecule has 1 amide bonds. The topological polar surface area (TPSA) is 91.2 Å². The van der Waals surface area contributed by atoms with Crippen molar-refractivity contribution in [3.8, 4) is 0 Å². The maximum Gasteiger partial charge on any atom is 0.257 e. The molecule has 4 rings (SSSR count). The van der Waals surface area contributed by atoms with Crippen LogP contribution in [-0.2, 0) is 0 Å². The van der Waals surface area contributed by atoms with Gasteiger partial charge >= 0.3 is 0 Å². The van der Waals surface area contributed by atoms with Gasteiger partial charge in [0.1, 0.15) is 0 Å². The molecule has 1 aliphatic heterocycles. The molecule has 0 saturated carbocycles. The number of para-hydroxylation sites is 1. The van der Waals surface area contributed by atoms with Crippen LogP contribution >= 0.6 is 0 Å². The molecule has 1 fully saturated rings. The van der Waals surface area contributed by atoms with E-state index in [1.165, 1.54) is 0 Å². The average molecular weight is 362 g/mol. The van der Waals surface area contributed by atoms with Crippen LogP contribution in [0.15, 0.2) is 59.5 Å². The van der Waals surface area contributed by atoms with Crippen LogP contribution in [0.4, 0.5) is 11.4 Å². The van der Waals surface area contributed by atoms with Crippen LogP contribution in [0.5, 0.6) is 0 Å². The van der Waals surface area contributed by atoms with Crippen molar-refractivity contribution in [3.63, 3.8) is 0 Å². The Labute approximate surface area is 157 Å². The lowest BCUT2D eigenvalue weighted by molar-refractivity contribution is 0.102. The normalized spacial score (nSPS) is 15.1. The van der Waals surface area contributed by atoms with E-state index in [9.17, 15) is 9.59 Å². The van der Waals surface area contributed by atoms with Gasteiger partial charge in [0.15, 0.2) is 0 Å². The number of aromatic amines is 1. The molecule has 0 radical (unpaired) electrons. The Morgan fingerprint density at radius 1 is 1.04 bits per heavy atom. The van der Waals surface area contributed by atoms with Crippen LogP contribution in [0.2, 0.25) is 0 Å². The molecule has 0 atom stereocenters. The smallest absolute Gasteiger partial charge is 0.257 e. The molecule has 4 N–H and O–H groups in total. The predicted molar refractivity (Wildman–Crippen MR) is 108 cm³/mol. The fourth-order valence-corrected chi connectivity index (χ4v) is 3.60. The number of carbonyl (C=O) groups excluding carboxylic acids is 1. The third-order valence-electron chi connectivity index (χ3n) is 5.09. The monoisotopic (exact) mass is 362 g/mol. The highest BCUT2D eigenvalue weighted by molar-refractivity contribution is 6.11. The third-order valence-corrected chi connectivity index (χ3v) is 5.09. The van der Waals surface area contributed by atoms with Crippen LogP contribution in [0, 0.1) is 0 Å². The predicted octanol–water partition coefficient (Wildman–Crippen LogP) is 2.71. The van der Waals surface area contributed by atoms with Gasteiger partial charge in [-0.1, -0.05) is 18.2 Å². The van der Waals surface area contributed by atoms with Gasteiger partial charge in [-0.25, -0.2) is 0 Å². The molecule has 0 aliphatic carbocycles. The molecule has 3 aromatic rings. The Morgan fingerprint density at radius 3 is 2.63 bits per heavy atom. The summed E-state index contributed by atoms with van der Waals surface area (Å²) in [5.74, 6) is -0.187. The van der Waals surface area contributed by atoms with Crippen LogP contribution in [0.25, 0.3) is 10.8 Å². The van der Waals surface area contributed by atoms with E-state index in [1.54, 1.807) is 24.4 Å². The van der Waals surface area contributed by atoms with Crippen molar-refractivity contribution in [3.05, 3.63) is 70.6 Å². The Morgan fingerprint density at radius 2 is 1.81 bits per heavy atom. The number of fused-ring (bicyclic) bond motifs is 1. The first-order valence-corrected chi connectivity index (χ1v) is 9.15. The van der Waals surface area contributed by atoms with Gasteiger partial charge in [0.25, 0.3) is 11.5 Å². The summed E-state index contributed by atoms with van der Waals surface area (Å²) in [5.41, 5.74) is 7.99. The number of amides is 1. The van der Waals surface area contributed by atoms with Crippen LogP contribution < -0.4 is 21.5 Å².